The standard InChI is InChI=1S/C11H12N2O4S/c1-18(16,17)7-10-12-8-4-2-3-5-9(8)13(10)6-11(14)15/h2-5H,6-7H2,1H3,(H,14,15). The van der Waals surface area contributed by atoms with Gasteiger partial charge in [-0.1, -0.05) is 12.1 Å². The number of carboxylic acids is 1. The number of fused-ring (bicyclic) bond motifs is 1. The average molecular weight is 268 g/mol. The predicted molar refractivity (Wildman–Crippen MR) is 65.9 cm³/mol. The molecule has 0 amide bonds. The molecule has 1 heterocycles. The van der Waals surface area contributed by atoms with E-state index in [2.05, 4.69) is 4.98 Å². The fraction of sp³-hybridized carbons (Fsp3) is 0.273. The third-order valence-electron chi connectivity index (χ3n) is 2.42. The molecule has 0 unspecified atom stereocenters. The fourth-order valence-electron chi connectivity index (χ4n) is 1.78. The summed E-state index contributed by atoms with van der Waals surface area (Å²) in [5, 5.41) is 8.87. The lowest BCUT2D eigenvalue weighted by Crippen LogP contribution is -2.14. The number of carbonyl (C=O) groups is 1. The van der Waals surface area contributed by atoms with Gasteiger partial charge >= 0.3 is 5.97 Å². The van der Waals surface area contributed by atoms with E-state index in [4.69, 9.17) is 5.11 Å². The van der Waals surface area contributed by atoms with Crippen LogP contribution in [0.5, 0.6) is 0 Å². The molecule has 6 nitrogen and oxygen atoms in total. The van der Waals surface area contributed by atoms with Crippen molar-refractivity contribution in [2.45, 2.75) is 12.3 Å². The molecule has 0 fully saturated rings. The number of sulfone groups is 1. The Balaban J connectivity index is 2.60. The lowest BCUT2D eigenvalue weighted by molar-refractivity contribution is -0.137. The number of hydrogen-bond donors (Lipinski definition) is 1. The summed E-state index contributed by atoms with van der Waals surface area (Å²) in [5.41, 5.74) is 1.22. The molecular formula is C11H12N2O4S. The van der Waals surface area contributed by atoms with Gasteiger partial charge in [0.15, 0.2) is 9.84 Å². The van der Waals surface area contributed by atoms with Crippen molar-refractivity contribution < 1.29 is 18.3 Å². The Morgan fingerprint density at radius 2 is 2.06 bits per heavy atom. The highest BCUT2D eigenvalue weighted by molar-refractivity contribution is 7.89. The fourth-order valence-corrected chi connectivity index (χ4v) is 2.47. The monoisotopic (exact) mass is 268 g/mol. The van der Waals surface area contributed by atoms with E-state index in [0.717, 1.165) is 6.26 Å². The Bertz CT molecular complexity index is 703. The molecule has 0 bridgehead atoms. The molecule has 1 aromatic carbocycles. The predicted octanol–water partition coefficient (Wildman–Crippen LogP) is 0.665. The molecule has 1 N–H and O–H groups in total. The molecule has 0 saturated heterocycles. The van der Waals surface area contributed by atoms with Crippen molar-refractivity contribution in [1.29, 1.82) is 0 Å². The zero-order valence-electron chi connectivity index (χ0n) is 9.70. The van der Waals surface area contributed by atoms with Gasteiger partial charge in [0.05, 0.1) is 11.0 Å². The highest BCUT2D eigenvalue weighted by atomic mass is 32.2. The molecule has 7 heteroatoms. The van der Waals surface area contributed by atoms with Crippen molar-refractivity contribution in [3.63, 3.8) is 0 Å². The average Bonchev–Trinajstić information content (AvgIpc) is 2.54. The topological polar surface area (TPSA) is 89.3 Å². The van der Waals surface area contributed by atoms with Crippen molar-refractivity contribution in [3.05, 3.63) is 30.1 Å². The van der Waals surface area contributed by atoms with Crippen LogP contribution in [0.15, 0.2) is 24.3 Å². The second kappa shape index (κ2) is 4.41. The molecule has 0 aliphatic heterocycles. The molecule has 0 radical (unpaired) electrons. The first-order valence-electron chi connectivity index (χ1n) is 5.20. The van der Waals surface area contributed by atoms with Gasteiger partial charge in [0.2, 0.25) is 0 Å². The number of benzene rings is 1. The molecule has 18 heavy (non-hydrogen) atoms. The van der Waals surface area contributed by atoms with E-state index < -0.39 is 15.8 Å². The number of para-hydroxylation sites is 2. The Labute approximate surface area is 104 Å². The molecule has 96 valence electrons. The number of imidazole rings is 1. The maximum atomic E-state index is 11.3. The van der Waals surface area contributed by atoms with Crippen molar-refractivity contribution in [3.8, 4) is 0 Å². The number of nitrogens with zero attached hydrogens (tertiary/aromatic N) is 2. The quantitative estimate of drug-likeness (QED) is 0.880. The largest absolute Gasteiger partial charge is 0.480 e. The number of aliphatic carboxylic acids is 1. The molecule has 0 aliphatic rings. The Hall–Kier alpha value is -1.89. The summed E-state index contributed by atoms with van der Waals surface area (Å²) < 4.78 is 24.0. The van der Waals surface area contributed by atoms with Crippen LogP contribution in [-0.4, -0.2) is 35.3 Å². The van der Waals surface area contributed by atoms with Crippen molar-refractivity contribution >= 4 is 26.8 Å². The van der Waals surface area contributed by atoms with Crippen LogP contribution in [0, 0.1) is 0 Å². The first-order valence-corrected chi connectivity index (χ1v) is 7.26. The maximum Gasteiger partial charge on any atom is 0.323 e. The lowest BCUT2D eigenvalue weighted by Gasteiger charge is -2.05. The first kappa shape index (κ1) is 12.6. The number of rotatable bonds is 4. The Morgan fingerprint density at radius 3 is 2.67 bits per heavy atom. The summed E-state index contributed by atoms with van der Waals surface area (Å²) in [7, 11) is -3.26. The van der Waals surface area contributed by atoms with Crippen molar-refractivity contribution in [2.75, 3.05) is 6.26 Å². The zero-order valence-corrected chi connectivity index (χ0v) is 10.5. The molecule has 2 rings (SSSR count). The van der Waals surface area contributed by atoms with E-state index >= 15 is 0 Å². The summed E-state index contributed by atoms with van der Waals surface area (Å²) in [5.74, 6) is -1.05. The van der Waals surface area contributed by atoms with Crippen LogP contribution >= 0.6 is 0 Å². The number of hydrogen-bond acceptors (Lipinski definition) is 4. The molecule has 0 spiro atoms. The minimum absolute atomic E-state index is 0.251. The number of carboxylic acid groups (broad SMARTS) is 1. The van der Waals surface area contributed by atoms with Crippen molar-refractivity contribution in [1.82, 2.24) is 9.55 Å². The van der Waals surface area contributed by atoms with Crippen LogP contribution in [0.1, 0.15) is 5.82 Å². The van der Waals surface area contributed by atoms with Crippen LogP contribution in [0.2, 0.25) is 0 Å². The Morgan fingerprint density at radius 1 is 1.39 bits per heavy atom. The molecule has 0 saturated carbocycles. The van der Waals surface area contributed by atoms with Crippen LogP contribution in [-0.2, 0) is 26.9 Å². The highest BCUT2D eigenvalue weighted by Crippen LogP contribution is 2.17. The van der Waals surface area contributed by atoms with Crippen LogP contribution in [0.25, 0.3) is 11.0 Å². The smallest absolute Gasteiger partial charge is 0.323 e. The minimum atomic E-state index is -3.26. The molecule has 2 aromatic rings. The van der Waals surface area contributed by atoms with Gasteiger partial charge in [0, 0.05) is 6.26 Å². The molecule has 0 atom stereocenters. The highest BCUT2D eigenvalue weighted by Gasteiger charge is 2.16. The van der Waals surface area contributed by atoms with E-state index in [1.54, 1.807) is 24.3 Å². The molecule has 0 aliphatic carbocycles. The zero-order chi connectivity index (χ0) is 13.3. The van der Waals surface area contributed by atoms with Gasteiger partial charge < -0.3 is 9.67 Å². The van der Waals surface area contributed by atoms with Gasteiger partial charge in [0.25, 0.3) is 0 Å². The summed E-state index contributed by atoms with van der Waals surface area (Å²) in [6, 6.07) is 6.97. The van der Waals surface area contributed by atoms with E-state index in [1.807, 2.05) is 0 Å². The third-order valence-corrected chi connectivity index (χ3v) is 3.20. The summed E-state index contributed by atoms with van der Waals surface area (Å²) >= 11 is 0. The lowest BCUT2D eigenvalue weighted by atomic mass is 10.3. The van der Waals surface area contributed by atoms with Crippen LogP contribution < -0.4 is 0 Å². The van der Waals surface area contributed by atoms with Gasteiger partial charge in [-0.2, -0.15) is 0 Å². The Kier molecular flexibility index (Phi) is 3.08. The minimum Gasteiger partial charge on any atom is -0.480 e. The third kappa shape index (κ3) is 2.67. The first-order chi connectivity index (χ1) is 8.37. The van der Waals surface area contributed by atoms with Crippen molar-refractivity contribution in [2.24, 2.45) is 0 Å². The van der Waals surface area contributed by atoms with Crippen LogP contribution in [0.3, 0.4) is 0 Å². The normalized spacial score (nSPS) is 11.8. The number of aromatic nitrogens is 2. The summed E-state index contributed by atoms with van der Waals surface area (Å²) in [4.78, 5) is 15.0. The van der Waals surface area contributed by atoms with E-state index in [-0.39, 0.29) is 18.1 Å². The maximum absolute atomic E-state index is 11.3. The summed E-state index contributed by atoms with van der Waals surface area (Å²) in [6.07, 6.45) is 1.09. The van der Waals surface area contributed by atoms with Gasteiger partial charge in [-0.15, -0.1) is 0 Å². The van der Waals surface area contributed by atoms with Gasteiger partial charge in [-0.05, 0) is 12.1 Å². The summed E-state index contributed by atoms with van der Waals surface area (Å²) in [6.45, 7) is -0.300. The molecular weight excluding hydrogens is 256 g/mol. The SMILES string of the molecule is CS(=O)(=O)Cc1nc2ccccc2n1CC(=O)O. The van der Waals surface area contributed by atoms with E-state index in [0.29, 0.717) is 11.0 Å². The van der Waals surface area contributed by atoms with E-state index in [9.17, 15) is 13.2 Å². The van der Waals surface area contributed by atoms with Crippen LogP contribution in [0.4, 0.5) is 0 Å². The van der Waals surface area contributed by atoms with Gasteiger partial charge in [-0.3, -0.25) is 4.79 Å². The van der Waals surface area contributed by atoms with Gasteiger partial charge in [-0.25, -0.2) is 13.4 Å². The second-order valence-corrected chi connectivity index (χ2v) is 6.21. The molecule has 1 aromatic heterocycles. The van der Waals surface area contributed by atoms with E-state index in [1.165, 1.54) is 4.57 Å². The van der Waals surface area contributed by atoms with Gasteiger partial charge in [0.1, 0.15) is 18.1 Å². The second-order valence-electron chi connectivity index (χ2n) is 4.07.